The molecule has 0 saturated heterocycles. The van der Waals surface area contributed by atoms with Crippen LogP contribution < -0.4 is 4.90 Å². The Morgan fingerprint density at radius 1 is 1.44 bits per heavy atom. The average Bonchev–Trinajstić information content (AvgIpc) is 2.30. The summed E-state index contributed by atoms with van der Waals surface area (Å²) in [6.07, 6.45) is 1.85. The van der Waals surface area contributed by atoms with Crippen LogP contribution in [0.25, 0.3) is 0 Å². The van der Waals surface area contributed by atoms with Crippen LogP contribution in [0.15, 0.2) is 23.9 Å². The molecule has 0 fully saturated rings. The largest absolute Gasteiger partial charge is 0.337 e. The number of nitrogens with zero attached hydrogens (tertiary/aromatic N) is 3. The second-order valence-electron chi connectivity index (χ2n) is 3.83. The first kappa shape index (κ1) is 11.0. The molecule has 1 aliphatic heterocycles. The van der Waals surface area contributed by atoms with Crippen molar-refractivity contribution in [3.63, 3.8) is 0 Å². The van der Waals surface area contributed by atoms with E-state index in [1.54, 1.807) is 0 Å². The summed E-state index contributed by atoms with van der Waals surface area (Å²) in [5.74, 6) is 0.390. The first-order valence-corrected chi connectivity index (χ1v) is 5.18. The van der Waals surface area contributed by atoms with E-state index in [1.165, 1.54) is 17.8 Å². The van der Waals surface area contributed by atoms with Crippen molar-refractivity contribution in [2.24, 2.45) is 0 Å². The van der Waals surface area contributed by atoms with Gasteiger partial charge in [-0.1, -0.05) is 11.6 Å². The molecule has 1 aliphatic rings. The Bertz CT molecular complexity index is 404. The van der Waals surface area contributed by atoms with Crippen molar-refractivity contribution < 1.29 is 8.78 Å². The van der Waals surface area contributed by atoms with E-state index in [9.17, 15) is 8.78 Å². The van der Waals surface area contributed by atoms with Crippen molar-refractivity contribution in [2.75, 3.05) is 18.0 Å². The highest BCUT2D eigenvalue weighted by Crippen LogP contribution is 2.20. The maximum atomic E-state index is 12.5. The molecule has 0 saturated carbocycles. The third kappa shape index (κ3) is 2.35. The number of hydrogen-bond acceptors (Lipinski definition) is 3. The lowest BCUT2D eigenvalue weighted by Crippen LogP contribution is -2.29. The Hall–Kier alpha value is -1.52. The van der Waals surface area contributed by atoms with E-state index in [-0.39, 0.29) is 5.69 Å². The van der Waals surface area contributed by atoms with Crippen LogP contribution in [-0.2, 0) is 0 Å². The second kappa shape index (κ2) is 4.55. The molecule has 0 bridgehead atoms. The van der Waals surface area contributed by atoms with Crippen LogP contribution in [0.1, 0.15) is 25.5 Å². The van der Waals surface area contributed by atoms with Gasteiger partial charge in [0.05, 0.1) is 0 Å². The van der Waals surface area contributed by atoms with Gasteiger partial charge in [-0.15, -0.1) is 0 Å². The molecule has 0 atom stereocenters. The van der Waals surface area contributed by atoms with Gasteiger partial charge in [0.2, 0.25) is 5.95 Å². The van der Waals surface area contributed by atoms with Gasteiger partial charge in [0.1, 0.15) is 5.69 Å². The van der Waals surface area contributed by atoms with Crippen LogP contribution in [-0.4, -0.2) is 23.1 Å². The smallest absolute Gasteiger partial charge is 0.280 e. The molecule has 0 aromatic carbocycles. The van der Waals surface area contributed by atoms with Crippen LogP contribution >= 0.6 is 0 Å². The molecule has 0 N–H and O–H groups in total. The Morgan fingerprint density at radius 3 is 2.88 bits per heavy atom. The number of alkyl halides is 2. The van der Waals surface area contributed by atoms with Gasteiger partial charge in [0.25, 0.3) is 6.43 Å². The first-order valence-electron chi connectivity index (χ1n) is 5.18. The molecule has 1 aromatic rings. The fourth-order valence-electron chi connectivity index (χ4n) is 1.59. The fourth-order valence-corrected chi connectivity index (χ4v) is 1.59. The molecule has 2 heterocycles. The minimum atomic E-state index is -2.54. The lowest BCUT2D eigenvalue weighted by atomic mass is 10.1. The molecule has 1 aromatic heterocycles. The number of aromatic nitrogens is 2. The summed E-state index contributed by atoms with van der Waals surface area (Å²) < 4.78 is 24.9. The maximum absolute atomic E-state index is 12.5. The Balaban J connectivity index is 2.18. The fraction of sp³-hybridized carbons (Fsp3) is 0.455. The average molecular weight is 225 g/mol. The molecule has 3 nitrogen and oxygen atoms in total. The zero-order valence-corrected chi connectivity index (χ0v) is 9.03. The van der Waals surface area contributed by atoms with Gasteiger partial charge in [-0.25, -0.2) is 18.7 Å². The summed E-state index contributed by atoms with van der Waals surface area (Å²) in [6, 6.07) is 1.25. The predicted molar refractivity (Wildman–Crippen MR) is 57.6 cm³/mol. The summed E-state index contributed by atoms with van der Waals surface area (Å²) in [4.78, 5) is 9.78. The van der Waals surface area contributed by atoms with E-state index < -0.39 is 6.43 Å². The monoisotopic (exact) mass is 225 g/mol. The summed E-state index contributed by atoms with van der Waals surface area (Å²) in [6.45, 7) is 3.54. The SMILES string of the molecule is CC1=CCN(c2nccc(C(F)F)n2)CC1. The topological polar surface area (TPSA) is 29.0 Å². The van der Waals surface area contributed by atoms with Gasteiger partial charge in [-0.2, -0.15) is 0 Å². The van der Waals surface area contributed by atoms with Gasteiger partial charge in [0.15, 0.2) is 0 Å². The van der Waals surface area contributed by atoms with E-state index in [0.717, 1.165) is 13.0 Å². The van der Waals surface area contributed by atoms with Crippen molar-refractivity contribution in [3.8, 4) is 0 Å². The molecule has 0 amide bonds. The highest BCUT2D eigenvalue weighted by Gasteiger charge is 2.15. The van der Waals surface area contributed by atoms with Crippen LogP contribution in [0, 0.1) is 0 Å². The number of hydrogen-bond donors (Lipinski definition) is 0. The molecule has 16 heavy (non-hydrogen) atoms. The van der Waals surface area contributed by atoms with E-state index in [0.29, 0.717) is 12.5 Å². The highest BCUT2D eigenvalue weighted by atomic mass is 19.3. The minimum Gasteiger partial charge on any atom is -0.337 e. The number of halogens is 2. The van der Waals surface area contributed by atoms with Crippen LogP contribution in [0.4, 0.5) is 14.7 Å². The Morgan fingerprint density at radius 2 is 2.25 bits per heavy atom. The van der Waals surface area contributed by atoms with Crippen molar-refractivity contribution >= 4 is 5.95 Å². The first-order chi connectivity index (χ1) is 7.66. The minimum absolute atomic E-state index is 0.212. The standard InChI is InChI=1S/C11H13F2N3/c1-8-3-6-16(7-4-8)11-14-5-2-9(15-11)10(12)13/h2-3,5,10H,4,6-7H2,1H3. The van der Waals surface area contributed by atoms with Gasteiger partial charge >= 0.3 is 0 Å². The highest BCUT2D eigenvalue weighted by molar-refractivity contribution is 5.34. The van der Waals surface area contributed by atoms with Crippen molar-refractivity contribution in [1.29, 1.82) is 0 Å². The lowest BCUT2D eigenvalue weighted by molar-refractivity contribution is 0.146. The predicted octanol–water partition coefficient (Wildman–Crippen LogP) is 2.57. The molecule has 5 heteroatoms. The summed E-state index contributed by atoms with van der Waals surface area (Å²) >= 11 is 0. The molecular weight excluding hydrogens is 212 g/mol. The summed E-state index contributed by atoms with van der Waals surface area (Å²) in [5.41, 5.74) is 1.11. The van der Waals surface area contributed by atoms with Crippen LogP contribution in [0.3, 0.4) is 0 Å². The third-order valence-electron chi connectivity index (χ3n) is 2.61. The van der Waals surface area contributed by atoms with Crippen molar-refractivity contribution in [3.05, 3.63) is 29.6 Å². The van der Waals surface area contributed by atoms with Crippen molar-refractivity contribution in [2.45, 2.75) is 19.8 Å². The van der Waals surface area contributed by atoms with Gasteiger partial charge in [-0.05, 0) is 19.4 Å². The van der Waals surface area contributed by atoms with Gasteiger partial charge < -0.3 is 4.90 Å². The second-order valence-corrected chi connectivity index (χ2v) is 3.83. The van der Waals surface area contributed by atoms with E-state index >= 15 is 0 Å². The molecule has 2 rings (SSSR count). The summed E-state index contributed by atoms with van der Waals surface area (Å²) in [5, 5.41) is 0. The zero-order chi connectivity index (χ0) is 11.5. The molecule has 0 spiro atoms. The molecule has 0 radical (unpaired) electrons. The van der Waals surface area contributed by atoms with Crippen LogP contribution in [0.5, 0.6) is 0 Å². The number of anilines is 1. The molecular formula is C11H13F2N3. The molecule has 86 valence electrons. The lowest BCUT2D eigenvalue weighted by Gasteiger charge is -2.25. The van der Waals surface area contributed by atoms with Gasteiger partial charge in [-0.3, -0.25) is 0 Å². The Labute approximate surface area is 92.8 Å². The zero-order valence-electron chi connectivity index (χ0n) is 9.03. The Kier molecular flexibility index (Phi) is 3.12. The molecule has 0 unspecified atom stereocenters. The maximum Gasteiger partial charge on any atom is 0.280 e. The van der Waals surface area contributed by atoms with Crippen molar-refractivity contribution in [1.82, 2.24) is 9.97 Å². The normalized spacial score (nSPS) is 16.5. The van der Waals surface area contributed by atoms with Crippen LogP contribution in [0.2, 0.25) is 0 Å². The molecule has 0 aliphatic carbocycles. The summed E-state index contributed by atoms with van der Waals surface area (Å²) in [7, 11) is 0. The van der Waals surface area contributed by atoms with E-state index in [1.807, 2.05) is 4.90 Å². The van der Waals surface area contributed by atoms with Gasteiger partial charge in [0, 0.05) is 19.3 Å². The van der Waals surface area contributed by atoms with E-state index in [4.69, 9.17) is 0 Å². The quantitative estimate of drug-likeness (QED) is 0.724. The third-order valence-corrected chi connectivity index (χ3v) is 2.61. The van der Waals surface area contributed by atoms with E-state index in [2.05, 4.69) is 23.0 Å². The number of rotatable bonds is 2.